The Hall–Kier alpha value is -2.76. The van der Waals surface area contributed by atoms with Gasteiger partial charge in [-0.3, -0.25) is 4.79 Å². The zero-order valence-electron chi connectivity index (χ0n) is 13.0. The molecule has 0 atom stereocenters. The van der Waals surface area contributed by atoms with Gasteiger partial charge in [-0.25, -0.2) is 4.79 Å². The van der Waals surface area contributed by atoms with Gasteiger partial charge < -0.3 is 19.0 Å². The number of hydrogen-bond acceptors (Lipinski definition) is 6. The second kappa shape index (κ2) is 7.49. The molecule has 1 N–H and O–H groups in total. The number of ether oxygens (including phenoxy) is 2. The third kappa shape index (κ3) is 3.91. The third-order valence-electron chi connectivity index (χ3n) is 3.01. The van der Waals surface area contributed by atoms with E-state index in [-0.39, 0.29) is 29.1 Å². The number of hydrogen-bond donors (Lipinski definition) is 1. The van der Waals surface area contributed by atoms with Gasteiger partial charge in [-0.15, -0.1) is 0 Å². The minimum Gasteiger partial charge on any atom is -0.499 e. The molecule has 6 nitrogen and oxygen atoms in total. The molecule has 2 aromatic rings. The summed E-state index contributed by atoms with van der Waals surface area (Å²) in [7, 11) is 0. The lowest BCUT2D eigenvalue weighted by molar-refractivity contribution is -0.131. The minimum absolute atomic E-state index is 0.0435. The summed E-state index contributed by atoms with van der Waals surface area (Å²) in [5, 5.41) is 10.2. The summed E-state index contributed by atoms with van der Waals surface area (Å²) in [5.41, 5.74) is -0.734. The maximum absolute atomic E-state index is 11.7. The fourth-order valence-corrected chi connectivity index (χ4v) is 2.07. The van der Waals surface area contributed by atoms with Crippen LogP contribution in [0, 0.1) is 0 Å². The van der Waals surface area contributed by atoms with Crippen molar-refractivity contribution < 1.29 is 23.8 Å². The molecule has 0 aliphatic heterocycles. The van der Waals surface area contributed by atoms with Crippen LogP contribution >= 0.6 is 0 Å². The SMILES string of the molecule is CC/C=C/CCOc1c(O)c(=O)oc2cccc(OC(C)=O)c12. The van der Waals surface area contributed by atoms with Gasteiger partial charge in [-0.05, 0) is 25.0 Å². The zero-order valence-corrected chi connectivity index (χ0v) is 13.0. The summed E-state index contributed by atoms with van der Waals surface area (Å²) < 4.78 is 15.7. The van der Waals surface area contributed by atoms with Crippen LogP contribution < -0.4 is 15.1 Å². The molecule has 2 rings (SSSR count). The standard InChI is InChI=1S/C17H18O6/c1-3-4-5-6-10-21-16-14-12(22-11(2)18)8-7-9-13(14)23-17(20)15(16)19/h4-5,7-9,19H,3,6,10H2,1-2H3/b5-4+. The van der Waals surface area contributed by atoms with Crippen molar-refractivity contribution in [2.24, 2.45) is 0 Å². The second-order valence-electron chi connectivity index (χ2n) is 4.81. The monoisotopic (exact) mass is 318 g/mol. The number of fused-ring (bicyclic) bond motifs is 1. The molecule has 0 unspecified atom stereocenters. The Morgan fingerprint density at radius 2 is 2.13 bits per heavy atom. The average Bonchev–Trinajstić information content (AvgIpc) is 2.50. The van der Waals surface area contributed by atoms with Crippen LogP contribution in [0.15, 0.2) is 39.6 Å². The summed E-state index contributed by atoms with van der Waals surface area (Å²) in [5.74, 6) is -1.05. The van der Waals surface area contributed by atoms with E-state index in [9.17, 15) is 14.7 Å². The Balaban J connectivity index is 2.46. The summed E-state index contributed by atoms with van der Waals surface area (Å²) in [6.45, 7) is 3.54. The largest absolute Gasteiger partial charge is 0.499 e. The Kier molecular flexibility index (Phi) is 5.41. The number of carbonyl (C=O) groups excluding carboxylic acids is 1. The molecule has 0 bridgehead atoms. The number of benzene rings is 1. The van der Waals surface area contributed by atoms with E-state index in [4.69, 9.17) is 13.9 Å². The van der Waals surface area contributed by atoms with Gasteiger partial charge in [0.05, 0.1) is 6.61 Å². The first-order valence-corrected chi connectivity index (χ1v) is 7.29. The highest BCUT2D eigenvalue weighted by atomic mass is 16.5. The molecule has 0 radical (unpaired) electrons. The fourth-order valence-electron chi connectivity index (χ4n) is 2.07. The van der Waals surface area contributed by atoms with E-state index in [1.165, 1.54) is 19.1 Å². The van der Waals surface area contributed by atoms with Gasteiger partial charge in [0.15, 0.2) is 5.75 Å². The van der Waals surface area contributed by atoms with Gasteiger partial charge in [-0.2, -0.15) is 0 Å². The van der Waals surface area contributed by atoms with E-state index in [1.807, 2.05) is 19.1 Å². The third-order valence-corrected chi connectivity index (χ3v) is 3.01. The molecule has 23 heavy (non-hydrogen) atoms. The van der Waals surface area contributed by atoms with Gasteiger partial charge in [0, 0.05) is 6.92 Å². The number of carbonyl (C=O) groups is 1. The van der Waals surface area contributed by atoms with Crippen molar-refractivity contribution >= 4 is 16.9 Å². The first-order chi connectivity index (χ1) is 11.0. The summed E-state index contributed by atoms with van der Waals surface area (Å²) in [6.07, 6.45) is 5.47. The smallest absolute Gasteiger partial charge is 0.382 e. The van der Waals surface area contributed by atoms with Crippen LogP contribution in [-0.4, -0.2) is 17.7 Å². The molecule has 0 saturated heterocycles. The van der Waals surface area contributed by atoms with Crippen molar-refractivity contribution in [2.45, 2.75) is 26.7 Å². The highest BCUT2D eigenvalue weighted by Gasteiger charge is 2.19. The van der Waals surface area contributed by atoms with Crippen LogP contribution in [0.1, 0.15) is 26.7 Å². The molecule has 0 spiro atoms. The normalized spacial score (nSPS) is 11.0. The van der Waals surface area contributed by atoms with Gasteiger partial charge in [0.25, 0.3) is 0 Å². The first-order valence-electron chi connectivity index (χ1n) is 7.29. The summed E-state index contributed by atoms with van der Waals surface area (Å²) in [6, 6.07) is 4.65. The van der Waals surface area contributed by atoms with Gasteiger partial charge in [-0.1, -0.05) is 25.1 Å². The Morgan fingerprint density at radius 3 is 2.83 bits per heavy atom. The molecule has 6 heteroatoms. The lowest BCUT2D eigenvalue weighted by Gasteiger charge is -2.12. The van der Waals surface area contributed by atoms with Crippen molar-refractivity contribution in [1.29, 1.82) is 0 Å². The predicted octanol–water partition coefficient (Wildman–Crippen LogP) is 3.16. The molecular formula is C17H18O6. The highest BCUT2D eigenvalue weighted by Crippen LogP contribution is 2.38. The number of rotatable bonds is 6. The van der Waals surface area contributed by atoms with Crippen molar-refractivity contribution in [2.75, 3.05) is 6.61 Å². The molecule has 1 aromatic heterocycles. The Morgan fingerprint density at radius 1 is 1.35 bits per heavy atom. The number of esters is 1. The minimum atomic E-state index is -0.906. The van der Waals surface area contributed by atoms with E-state index < -0.39 is 17.3 Å². The first kappa shape index (κ1) is 16.6. The van der Waals surface area contributed by atoms with Crippen molar-refractivity contribution in [3.8, 4) is 17.2 Å². The second-order valence-corrected chi connectivity index (χ2v) is 4.81. The maximum atomic E-state index is 11.7. The van der Waals surface area contributed by atoms with E-state index in [0.717, 1.165) is 6.42 Å². The Labute approximate surface area is 132 Å². The molecule has 0 fully saturated rings. The van der Waals surface area contributed by atoms with Crippen LogP contribution in [0.5, 0.6) is 17.2 Å². The Bertz CT molecular complexity index is 788. The van der Waals surface area contributed by atoms with Crippen molar-refractivity contribution in [3.05, 3.63) is 40.8 Å². The van der Waals surface area contributed by atoms with Crippen LogP contribution in [0.3, 0.4) is 0 Å². The van der Waals surface area contributed by atoms with Gasteiger partial charge >= 0.3 is 11.6 Å². The van der Waals surface area contributed by atoms with Crippen LogP contribution in [0.2, 0.25) is 0 Å². The van der Waals surface area contributed by atoms with E-state index >= 15 is 0 Å². The molecular weight excluding hydrogens is 300 g/mol. The summed E-state index contributed by atoms with van der Waals surface area (Å²) >= 11 is 0. The quantitative estimate of drug-likeness (QED) is 0.289. The van der Waals surface area contributed by atoms with Crippen LogP contribution in [0.25, 0.3) is 11.0 Å². The highest BCUT2D eigenvalue weighted by molar-refractivity contribution is 5.93. The van der Waals surface area contributed by atoms with Crippen molar-refractivity contribution in [1.82, 2.24) is 0 Å². The lowest BCUT2D eigenvalue weighted by atomic mass is 10.2. The average molecular weight is 318 g/mol. The van der Waals surface area contributed by atoms with Gasteiger partial charge in [0.1, 0.15) is 16.7 Å². The van der Waals surface area contributed by atoms with E-state index in [2.05, 4.69) is 0 Å². The van der Waals surface area contributed by atoms with Gasteiger partial charge in [0.2, 0.25) is 5.75 Å². The lowest BCUT2D eigenvalue weighted by Crippen LogP contribution is -2.07. The molecule has 0 saturated carbocycles. The van der Waals surface area contributed by atoms with Crippen molar-refractivity contribution in [3.63, 3.8) is 0 Å². The maximum Gasteiger partial charge on any atom is 0.382 e. The predicted molar refractivity (Wildman–Crippen MR) is 85.0 cm³/mol. The van der Waals surface area contributed by atoms with Crippen LogP contribution in [0.4, 0.5) is 0 Å². The van der Waals surface area contributed by atoms with E-state index in [0.29, 0.717) is 6.42 Å². The van der Waals surface area contributed by atoms with E-state index in [1.54, 1.807) is 6.07 Å². The molecule has 0 aliphatic rings. The summed E-state index contributed by atoms with van der Waals surface area (Å²) in [4.78, 5) is 22.9. The molecule has 1 aromatic carbocycles. The molecule has 122 valence electrons. The molecule has 1 heterocycles. The fraction of sp³-hybridized carbons (Fsp3) is 0.294. The van der Waals surface area contributed by atoms with Crippen LogP contribution in [-0.2, 0) is 4.79 Å². The number of allylic oxidation sites excluding steroid dienone is 1. The topological polar surface area (TPSA) is 86.0 Å². The zero-order chi connectivity index (χ0) is 16.8. The molecule has 0 amide bonds. The molecule has 0 aliphatic carbocycles. The number of aromatic hydroxyl groups is 1.